The Kier molecular flexibility index (Phi) is 3.11. The molecule has 3 heteroatoms. The largest absolute Gasteiger partial charge is 0.377 e. The molecule has 0 unspecified atom stereocenters. The lowest BCUT2D eigenvalue weighted by Gasteiger charge is -2.25. The SMILES string of the molecule is Cc1ccc(NC(C)(C)CN)c(F)c1. The maximum absolute atomic E-state index is 13.4. The van der Waals surface area contributed by atoms with Crippen molar-refractivity contribution in [1.29, 1.82) is 0 Å². The summed E-state index contributed by atoms with van der Waals surface area (Å²) >= 11 is 0. The highest BCUT2D eigenvalue weighted by Crippen LogP contribution is 2.19. The molecule has 1 aromatic carbocycles. The van der Waals surface area contributed by atoms with E-state index in [-0.39, 0.29) is 11.4 Å². The van der Waals surface area contributed by atoms with E-state index in [0.717, 1.165) is 5.56 Å². The molecule has 0 saturated heterocycles. The highest BCUT2D eigenvalue weighted by molar-refractivity contribution is 5.48. The molecule has 0 bridgehead atoms. The lowest BCUT2D eigenvalue weighted by molar-refractivity contribution is 0.565. The van der Waals surface area contributed by atoms with Crippen LogP contribution in [-0.4, -0.2) is 12.1 Å². The molecule has 0 aliphatic rings. The second-order valence-corrected chi connectivity index (χ2v) is 4.20. The second-order valence-electron chi connectivity index (χ2n) is 4.20. The molecule has 0 saturated carbocycles. The van der Waals surface area contributed by atoms with E-state index < -0.39 is 0 Å². The van der Waals surface area contributed by atoms with Crippen LogP contribution in [0.5, 0.6) is 0 Å². The second kappa shape index (κ2) is 3.96. The minimum Gasteiger partial charge on any atom is -0.377 e. The summed E-state index contributed by atoms with van der Waals surface area (Å²) in [5.74, 6) is -0.230. The number of halogens is 1. The quantitative estimate of drug-likeness (QED) is 0.778. The molecule has 0 radical (unpaired) electrons. The Balaban J connectivity index is 2.87. The lowest BCUT2D eigenvalue weighted by Crippen LogP contribution is -2.39. The Morgan fingerprint density at radius 2 is 2.07 bits per heavy atom. The summed E-state index contributed by atoms with van der Waals surface area (Å²) in [6.07, 6.45) is 0. The van der Waals surface area contributed by atoms with Crippen molar-refractivity contribution in [3.05, 3.63) is 29.6 Å². The molecule has 0 aliphatic carbocycles. The summed E-state index contributed by atoms with van der Waals surface area (Å²) in [5, 5.41) is 3.06. The zero-order valence-corrected chi connectivity index (χ0v) is 8.89. The summed E-state index contributed by atoms with van der Waals surface area (Å²) < 4.78 is 13.4. The standard InChI is InChI=1S/C11H17FN2/c1-8-4-5-10(9(12)6-8)14-11(2,3)7-13/h4-6,14H,7,13H2,1-3H3. The molecule has 0 heterocycles. The molecule has 0 atom stereocenters. The number of nitrogens with two attached hydrogens (primary N) is 1. The van der Waals surface area contributed by atoms with Crippen LogP contribution in [0, 0.1) is 12.7 Å². The molecule has 3 N–H and O–H groups in total. The van der Waals surface area contributed by atoms with E-state index in [2.05, 4.69) is 5.32 Å². The molecule has 1 aromatic rings. The van der Waals surface area contributed by atoms with E-state index in [1.54, 1.807) is 6.07 Å². The molecule has 0 aromatic heterocycles. The van der Waals surface area contributed by atoms with Gasteiger partial charge in [-0.25, -0.2) is 4.39 Å². The zero-order chi connectivity index (χ0) is 10.8. The fourth-order valence-corrected chi connectivity index (χ4v) is 1.14. The lowest BCUT2D eigenvalue weighted by atomic mass is 10.1. The third kappa shape index (κ3) is 2.70. The van der Waals surface area contributed by atoms with Crippen molar-refractivity contribution in [2.45, 2.75) is 26.3 Å². The van der Waals surface area contributed by atoms with Crippen LogP contribution in [0.2, 0.25) is 0 Å². The summed E-state index contributed by atoms with van der Waals surface area (Å²) in [4.78, 5) is 0. The molecule has 0 aliphatic heterocycles. The number of nitrogens with one attached hydrogen (secondary N) is 1. The third-order valence-electron chi connectivity index (χ3n) is 2.11. The van der Waals surface area contributed by atoms with E-state index in [1.807, 2.05) is 26.8 Å². The average Bonchev–Trinajstić information content (AvgIpc) is 2.10. The summed E-state index contributed by atoms with van der Waals surface area (Å²) in [7, 11) is 0. The number of rotatable bonds is 3. The summed E-state index contributed by atoms with van der Waals surface area (Å²) in [6, 6.07) is 5.12. The Hall–Kier alpha value is -1.09. The van der Waals surface area contributed by atoms with Gasteiger partial charge in [0.25, 0.3) is 0 Å². The predicted octanol–water partition coefficient (Wildman–Crippen LogP) is 2.28. The average molecular weight is 196 g/mol. The molecule has 0 fully saturated rings. The van der Waals surface area contributed by atoms with Crippen molar-refractivity contribution in [3.8, 4) is 0 Å². The first-order valence-electron chi connectivity index (χ1n) is 4.69. The fourth-order valence-electron chi connectivity index (χ4n) is 1.14. The predicted molar refractivity (Wildman–Crippen MR) is 57.9 cm³/mol. The van der Waals surface area contributed by atoms with Gasteiger partial charge in [-0.05, 0) is 38.5 Å². The van der Waals surface area contributed by atoms with Gasteiger partial charge in [-0.2, -0.15) is 0 Å². The van der Waals surface area contributed by atoms with Crippen LogP contribution in [0.25, 0.3) is 0 Å². The first-order valence-corrected chi connectivity index (χ1v) is 4.69. The van der Waals surface area contributed by atoms with E-state index >= 15 is 0 Å². The van der Waals surface area contributed by atoms with Gasteiger partial charge in [-0.1, -0.05) is 6.07 Å². The van der Waals surface area contributed by atoms with Gasteiger partial charge in [0.2, 0.25) is 0 Å². The smallest absolute Gasteiger partial charge is 0.146 e. The molecule has 78 valence electrons. The van der Waals surface area contributed by atoms with Gasteiger partial charge in [0, 0.05) is 12.1 Å². The number of benzene rings is 1. The molecule has 0 spiro atoms. The molecular weight excluding hydrogens is 179 g/mol. The van der Waals surface area contributed by atoms with E-state index in [0.29, 0.717) is 12.2 Å². The van der Waals surface area contributed by atoms with Gasteiger partial charge in [-0.3, -0.25) is 0 Å². The zero-order valence-electron chi connectivity index (χ0n) is 8.89. The van der Waals surface area contributed by atoms with E-state index in [9.17, 15) is 4.39 Å². The first kappa shape index (κ1) is 11.0. The molecule has 14 heavy (non-hydrogen) atoms. The van der Waals surface area contributed by atoms with Crippen LogP contribution in [0.15, 0.2) is 18.2 Å². The minimum absolute atomic E-state index is 0.230. The topological polar surface area (TPSA) is 38.0 Å². The van der Waals surface area contributed by atoms with Crippen LogP contribution >= 0.6 is 0 Å². The van der Waals surface area contributed by atoms with Crippen LogP contribution in [0.1, 0.15) is 19.4 Å². The van der Waals surface area contributed by atoms with E-state index in [1.165, 1.54) is 6.07 Å². The Bertz CT molecular complexity index is 321. The highest BCUT2D eigenvalue weighted by atomic mass is 19.1. The van der Waals surface area contributed by atoms with Crippen molar-refractivity contribution >= 4 is 5.69 Å². The fraction of sp³-hybridized carbons (Fsp3) is 0.455. The summed E-state index contributed by atoms with van der Waals surface area (Å²) in [5.41, 5.74) is 6.69. The maximum Gasteiger partial charge on any atom is 0.146 e. The number of anilines is 1. The van der Waals surface area contributed by atoms with Crippen LogP contribution in [0.4, 0.5) is 10.1 Å². The van der Waals surface area contributed by atoms with Crippen molar-refractivity contribution in [2.24, 2.45) is 5.73 Å². The summed E-state index contributed by atoms with van der Waals surface area (Å²) in [6.45, 7) is 6.19. The van der Waals surface area contributed by atoms with Gasteiger partial charge in [0.05, 0.1) is 5.69 Å². The molecule has 1 rings (SSSR count). The number of hydrogen-bond acceptors (Lipinski definition) is 2. The highest BCUT2D eigenvalue weighted by Gasteiger charge is 2.16. The van der Waals surface area contributed by atoms with Crippen LogP contribution < -0.4 is 11.1 Å². The number of aryl methyl sites for hydroxylation is 1. The van der Waals surface area contributed by atoms with Crippen molar-refractivity contribution in [1.82, 2.24) is 0 Å². The van der Waals surface area contributed by atoms with Crippen molar-refractivity contribution < 1.29 is 4.39 Å². The van der Waals surface area contributed by atoms with Gasteiger partial charge >= 0.3 is 0 Å². The van der Waals surface area contributed by atoms with Crippen molar-refractivity contribution in [2.75, 3.05) is 11.9 Å². The maximum atomic E-state index is 13.4. The van der Waals surface area contributed by atoms with Gasteiger partial charge in [0.15, 0.2) is 0 Å². The third-order valence-corrected chi connectivity index (χ3v) is 2.11. The van der Waals surface area contributed by atoms with Gasteiger partial charge in [-0.15, -0.1) is 0 Å². The Labute approximate surface area is 84.3 Å². The Morgan fingerprint density at radius 3 is 2.57 bits per heavy atom. The van der Waals surface area contributed by atoms with Crippen LogP contribution in [-0.2, 0) is 0 Å². The molecule has 0 amide bonds. The van der Waals surface area contributed by atoms with Gasteiger partial charge < -0.3 is 11.1 Å². The van der Waals surface area contributed by atoms with Crippen molar-refractivity contribution in [3.63, 3.8) is 0 Å². The normalized spacial score (nSPS) is 11.5. The Morgan fingerprint density at radius 1 is 1.43 bits per heavy atom. The molecular formula is C11H17FN2. The monoisotopic (exact) mass is 196 g/mol. The minimum atomic E-state index is -0.282. The van der Waals surface area contributed by atoms with Gasteiger partial charge in [0.1, 0.15) is 5.82 Å². The molecule has 2 nitrogen and oxygen atoms in total. The van der Waals surface area contributed by atoms with E-state index in [4.69, 9.17) is 5.73 Å². The van der Waals surface area contributed by atoms with Crippen LogP contribution in [0.3, 0.4) is 0 Å². The first-order chi connectivity index (χ1) is 6.44. The number of hydrogen-bond donors (Lipinski definition) is 2.